The van der Waals surface area contributed by atoms with Crippen LogP contribution in [0.25, 0.3) is 10.6 Å². The highest BCUT2D eigenvalue weighted by Gasteiger charge is 2.34. The van der Waals surface area contributed by atoms with Crippen LogP contribution in [-0.2, 0) is 4.79 Å². The Kier molecular flexibility index (Phi) is 5.21. The van der Waals surface area contributed by atoms with E-state index in [1.807, 2.05) is 24.3 Å². The Balaban J connectivity index is 2.02. The van der Waals surface area contributed by atoms with E-state index in [4.69, 9.17) is 23.2 Å². The number of carbonyl (C=O) groups is 2. The van der Waals surface area contributed by atoms with E-state index in [1.165, 1.54) is 35.3 Å². The minimum atomic E-state index is -0.291. The van der Waals surface area contributed by atoms with E-state index in [2.05, 4.69) is 10.2 Å². The number of nitrogens with zero attached hydrogens (tertiary/aromatic N) is 4. The molecule has 1 aromatic heterocycles. The molecule has 1 amide bonds. The molecule has 9 heteroatoms. The molecule has 0 fully saturated rings. The standard InChI is InChI=1S/C20H14Cl2N4O2S/c1-11(27)19-23-24-20-26(19)25(12(2)28)17(13-3-7-15(21)8-4-13)18(29-20)14-5-9-16(22)10-6-14/h3-10H,1-2H3. The summed E-state index contributed by atoms with van der Waals surface area (Å²) in [7, 11) is 0. The quantitative estimate of drug-likeness (QED) is 0.537. The molecule has 0 aliphatic carbocycles. The second-order valence-electron chi connectivity index (χ2n) is 6.30. The Hall–Kier alpha value is -2.61. The van der Waals surface area contributed by atoms with E-state index < -0.39 is 0 Å². The van der Waals surface area contributed by atoms with Gasteiger partial charge in [-0.25, -0.2) is 5.01 Å². The van der Waals surface area contributed by atoms with Crippen molar-refractivity contribution in [3.63, 3.8) is 0 Å². The van der Waals surface area contributed by atoms with Crippen molar-refractivity contribution < 1.29 is 9.59 Å². The van der Waals surface area contributed by atoms with E-state index in [-0.39, 0.29) is 17.5 Å². The number of rotatable bonds is 3. The molecular weight excluding hydrogens is 431 g/mol. The summed E-state index contributed by atoms with van der Waals surface area (Å²) in [5.41, 5.74) is 2.22. The highest BCUT2D eigenvalue weighted by atomic mass is 35.5. The number of thioether (sulfide) groups is 1. The smallest absolute Gasteiger partial charge is 0.243 e. The summed E-state index contributed by atoms with van der Waals surface area (Å²) in [6.45, 7) is 2.82. The van der Waals surface area contributed by atoms with Crippen molar-refractivity contribution in [2.45, 2.75) is 19.0 Å². The molecule has 2 aromatic carbocycles. The number of benzene rings is 2. The summed E-state index contributed by atoms with van der Waals surface area (Å²) in [6.07, 6.45) is 0. The first kappa shape index (κ1) is 19.7. The Bertz CT molecular complexity index is 1150. The van der Waals surface area contributed by atoms with Crippen LogP contribution in [-0.4, -0.2) is 26.6 Å². The number of hydrogen-bond acceptors (Lipinski definition) is 5. The summed E-state index contributed by atoms with van der Waals surface area (Å²) >= 11 is 13.4. The van der Waals surface area contributed by atoms with Crippen LogP contribution in [0.15, 0.2) is 53.7 Å². The van der Waals surface area contributed by atoms with Crippen LogP contribution in [0.1, 0.15) is 35.6 Å². The lowest BCUT2D eigenvalue weighted by Crippen LogP contribution is -2.41. The average molecular weight is 445 g/mol. The number of fused-ring (bicyclic) bond motifs is 1. The zero-order valence-corrected chi connectivity index (χ0v) is 17.7. The van der Waals surface area contributed by atoms with Gasteiger partial charge in [0.25, 0.3) is 0 Å². The van der Waals surface area contributed by atoms with Crippen LogP contribution in [0.4, 0.5) is 0 Å². The van der Waals surface area contributed by atoms with Crippen molar-refractivity contribution in [3.8, 4) is 0 Å². The van der Waals surface area contributed by atoms with Gasteiger partial charge in [0.05, 0.1) is 5.70 Å². The third-order valence-corrected chi connectivity index (χ3v) is 5.84. The van der Waals surface area contributed by atoms with Gasteiger partial charge in [-0.15, -0.1) is 10.2 Å². The molecule has 1 aliphatic heterocycles. The highest BCUT2D eigenvalue weighted by Crippen LogP contribution is 2.45. The second kappa shape index (κ2) is 7.67. The Morgan fingerprint density at radius 2 is 1.41 bits per heavy atom. The SMILES string of the molecule is CC(=O)c1nnc2n1N(C(C)=O)C(c1ccc(Cl)cc1)=C(c1ccc(Cl)cc1)S2. The summed E-state index contributed by atoms with van der Waals surface area (Å²) in [5.74, 6) is -0.490. The van der Waals surface area contributed by atoms with Crippen LogP contribution in [0.3, 0.4) is 0 Å². The zero-order chi connectivity index (χ0) is 20.7. The second-order valence-corrected chi connectivity index (χ2v) is 8.15. The molecule has 1 aliphatic rings. The van der Waals surface area contributed by atoms with Crippen LogP contribution in [0.5, 0.6) is 0 Å². The number of hydrogen-bond donors (Lipinski definition) is 0. The number of aromatic nitrogens is 3. The lowest BCUT2D eigenvalue weighted by Gasteiger charge is -2.32. The maximum absolute atomic E-state index is 12.8. The molecule has 0 saturated heterocycles. The summed E-state index contributed by atoms with van der Waals surface area (Å²) in [4.78, 5) is 25.7. The third-order valence-electron chi connectivity index (χ3n) is 4.27. The van der Waals surface area contributed by atoms with Crippen LogP contribution >= 0.6 is 35.0 Å². The Morgan fingerprint density at radius 1 is 0.862 bits per heavy atom. The monoisotopic (exact) mass is 444 g/mol. The first-order chi connectivity index (χ1) is 13.9. The van der Waals surface area contributed by atoms with Crippen molar-refractivity contribution in [1.29, 1.82) is 0 Å². The molecule has 3 aromatic rings. The molecule has 0 atom stereocenters. The number of ketones is 1. The van der Waals surface area contributed by atoms with Gasteiger partial charge in [0.2, 0.25) is 16.9 Å². The summed E-state index contributed by atoms with van der Waals surface area (Å²) < 4.78 is 1.46. The molecule has 146 valence electrons. The van der Waals surface area contributed by atoms with Crippen molar-refractivity contribution in [1.82, 2.24) is 14.9 Å². The fraction of sp³-hybridized carbons (Fsp3) is 0.100. The molecule has 2 heterocycles. The Morgan fingerprint density at radius 3 is 1.93 bits per heavy atom. The fourth-order valence-electron chi connectivity index (χ4n) is 3.02. The van der Waals surface area contributed by atoms with Gasteiger partial charge < -0.3 is 0 Å². The zero-order valence-electron chi connectivity index (χ0n) is 15.4. The molecule has 0 bridgehead atoms. The van der Waals surface area contributed by atoms with Crippen LogP contribution < -0.4 is 5.01 Å². The van der Waals surface area contributed by atoms with Gasteiger partial charge in [-0.2, -0.15) is 4.68 Å². The lowest BCUT2D eigenvalue weighted by atomic mass is 10.1. The first-order valence-corrected chi connectivity index (χ1v) is 10.2. The number of carbonyl (C=O) groups excluding carboxylic acids is 2. The van der Waals surface area contributed by atoms with Crippen molar-refractivity contribution in [2.24, 2.45) is 0 Å². The molecule has 0 unspecified atom stereocenters. The van der Waals surface area contributed by atoms with Gasteiger partial charge in [-0.1, -0.05) is 47.5 Å². The molecule has 4 rings (SSSR count). The van der Waals surface area contributed by atoms with E-state index in [0.717, 1.165) is 16.0 Å². The third kappa shape index (κ3) is 3.57. The predicted molar refractivity (Wildman–Crippen MR) is 114 cm³/mol. The van der Waals surface area contributed by atoms with Gasteiger partial charge in [-0.05, 0) is 41.6 Å². The molecule has 29 heavy (non-hydrogen) atoms. The number of halogens is 2. The molecule has 0 radical (unpaired) electrons. The summed E-state index contributed by atoms with van der Waals surface area (Å²) in [5, 5.41) is 11.2. The highest BCUT2D eigenvalue weighted by molar-refractivity contribution is 8.08. The van der Waals surface area contributed by atoms with Gasteiger partial charge >= 0.3 is 0 Å². The summed E-state index contributed by atoms with van der Waals surface area (Å²) in [6, 6.07) is 14.5. The number of Topliss-reactive ketones (excluding diaryl/α,β-unsaturated/α-hetero) is 1. The van der Waals surface area contributed by atoms with Gasteiger partial charge in [0, 0.05) is 34.4 Å². The molecule has 0 saturated carbocycles. The minimum Gasteiger partial charge on any atom is -0.291 e. The largest absolute Gasteiger partial charge is 0.291 e. The molecule has 0 spiro atoms. The van der Waals surface area contributed by atoms with E-state index in [9.17, 15) is 9.59 Å². The molecular formula is C20H14Cl2N4O2S. The van der Waals surface area contributed by atoms with Crippen molar-refractivity contribution >= 4 is 57.3 Å². The van der Waals surface area contributed by atoms with Crippen molar-refractivity contribution in [2.75, 3.05) is 5.01 Å². The van der Waals surface area contributed by atoms with Crippen LogP contribution in [0, 0.1) is 0 Å². The van der Waals surface area contributed by atoms with Gasteiger partial charge in [-0.3, -0.25) is 9.59 Å². The maximum atomic E-state index is 12.8. The van der Waals surface area contributed by atoms with Gasteiger partial charge in [0.1, 0.15) is 0 Å². The van der Waals surface area contributed by atoms with E-state index in [1.54, 1.807) is 24.3 Å². The van der Waals surface area contributed by atoms with E-state index in [0.29, 0.717) is 20.9 Å². The lowest BCUT2D eigenvalue weighted by molar-refractivity contribution is -0.117. The topological polar surface area (TPSA) is 68.1 Å². The Labute approximate surface area is 181 Å². The van der Waals surface area contributed by atoms with Gasteiger partial charge in [0.15, 0.2) is 5.78 Å². The van der Waals surface area contributed by atoms with E-state index >= 15 is 0 Å². The average Bonchev–Trinajstić information content (AvgIpc) is 3.11. The maximum Gasteiger partial charge on any atom is 0.243 e. The normalized spacial score (nSPS) is 13.4. The van der Waals surface area contributed by atoms with Crippen molar-refractivity contribution in [3.05, 3.63) is 75.5 Å². The van der Waals surface area contributed by atoms with Crippen LogP contribution in [0.2, 0.25) is 10.0 Å². The minimum absolute atomic E-state index is 0.0873. The predicted octanol–water partition coefficient (Wildman–Crippen LogP) is 4.90. The molecule has 0 N–H and O–H groups in total. The first-order valence-electron chi connectivity index (χ1n) is 8.58. The molecule has 6 nitrogen and oxygen atoms in total. The fourth-order valence-corrected chi connectivity index (χ4v) is 4.35. The number of amides is 1.